The van der Waals surface area contributed by atoms with Gasteiger partial charge in [0.1, 0.15) is 0 Å². The number of aryl methyl sites for hydroxylation is 1. The van der Waals surface area contributed by atoms with Crippen LogP contribution >= 0.6 is 0 Å². The van der Waals surface area contributed by atoms with E-state index >= 15 is 0 Å². The summed E-state index contributed by atoms with van der Waals surface area (Å²) in [6.07, 6.45) is 8.66. The summed E-state index contributed by atoms with van der Waals surface area (Å²) in [5.74, 6) is 1.50. The number of nitrogens with zero attached hydrogens (tertiary/aromatic N) is 1. The maximum atomic E-state index is 5.82. The van der Waals surface area contributed by atoms with Gasteiger partial charge in [-0.15, -0.1) is 0 Å². The van der Waals surface area contributed by atoms with Gasteiger partial charge in [-0.05, 0) is 44.2 Å². The minimum absolute atomic E-state index is 0.717. The molecule has 1 fully saturated rings. The molecule has 3 nitrogen and oxygen atoms in total. The van der Waals surface area contributed by atoms with Crippen LogP contribution in [0.5, 0.6) is 5.88 Å². The van der Waals surface area contributed by atoms with Gasteiger partial charge in [-0.2, -0.15) is 0 Å². The van der Waals surface area contributed by atoms with E-state index in [1.165, 1.54) is 32.1 Å². The highest BCUT2D eigenvalue weighted by Gasteiger charge is 2.14. The van der Waals surface area contributed by atoms with Gasteiger partial charge in [-0.25, -0.2) is 4.98 Å². The number of ether oxygens (including phenoxy) is 1. The third-order valence-corrected chi connectivity index (χ3v) is 3.61. The third-order valence-electron chi connectivity index (χ3n) is 3.61. The SMILES string of the molecule is NCCCc1cccc(OCC2CCCCC2)n1. The predicted molar refractivity (Wildman–Crippen MR) is 73.7 cm³/mol. The molecule has 100 valence electrons. The van der Waals surface area contributed by atoms with Crippen LogP contribution in [0.2, 0.25) is 0 Å². The average Bonchev–Trinajstić information content (AvgIpc) is 2.44. The Morgan fingerprint density at radius 2 is 2.06 bits per heavy atom. The van der Waals surface area contributed by atoms with Gasteiger partial charge in [0.15, 0.2) is 0 Å². The van der Waals surface area contributed by atoms with E-state index in [0.29, 0.717) is 0 Å². The van der Waals surface area contributed by atoms with E-state index < -0.39 is 0 Å². The third kappa shape index (κ3) is 4.30. The molecule has 0 spiro atoms. The molecule has 0 unspecified atom stereocenters. The van der Waals surface area contributed by atoms with Crippen LogP contribution in [0.25, 0.3) is 0 Å². The van der Waals surface area contributed by atoms with Crippen molar-refractivity contribution in [1.29, 1.82) is 0 Å². The highest BCUT2D eigenvalue weighted by Crippen LogP contribution is 2.24. The predicted octanol–water partition coefficient (Wildman–Crippen LogP) is 2.93. The molecule has 0 amide bonds. The number of aromatic nitrogens is 1. The zero-order chi connectivity index (χ0) is 12.6. The summed E-state index contributed by atoms with van der Waals surface area (Å²) in [4.78, 5) is 4.52. The Balaban J connectivity index is 1.80. The van der Waals surface area contributed by atoms with Gasteiger partial charge in [0.2, 0.25) is 5.88 Å². The van der Waals surface area contributed by atoms with Crippen LogP contribution < -0.4 is 10.5 Å². The Labute approximate surface area is 110 Å². The fraction of sp³-hybridized carbons (Fsp3) is 0.667. The van der Waals surface area contributed by atoms with Crippen LogP contribution in [0.15, 0.2) is 18.2 Å². The van der Waals surface area contributed by atoms with Crippen LogP contribution in [0.1, 0.15) is 44.2 Å². The van der Waals surface area contributed by atoms with Crippen molar-refractivity contribution in [2.45, 2.75) is 44.9 Å². The Morgan fingerprint density at radius 1 is 1.22 bits per heavy atom. The van der Waals surface area contributed by atoms with Gasteiger partial charge in [-0.3, -0.25) is 0 Å². The summed E-state index contributed by atoms with van der Waals surface area (Å²) in [5.41, 5.74) is 6.60. The first-order valence-corrected chi connectivity index (χ1v) is 7.17. The zero-order valence-corrected chi connectivity index (χ0v) is 11.1. The Hall–Kier alpha value is -1.09. The monoisotopic (exact) mass is 248 g/mol. The lowest BCUT2D eigenvalue weighted by atomic mass is 9.90. The molecule has 0 bridgehead atoms. The van der Waals surface area contributed by atoms with Gasteiger partial charge >= 0.3 is 0 Å². The van der Waals surface area contributed by atoms with Gasteiger partial charge in [0.25, 0.3) is 0 Å². The van der Waals surface area contributed by atoms with Crippen molar-refractivity contribution in [2.75, 3.05) is 13.2 Å². The number of rotatable bonds is 6. The summed E-state index contributed by atoms with van der Waals surface area (Å²) in [6.45, 7) is 1.54. The van der Waals surface area contributed by atoms with Crippen LogP contribution in [0.4, 0.5) is 0 Å². The zero-order valence-electron chi connectivity index (χ0n) is 11.1. The topological polar surface area (TPSA) is 48.1 Å². The fourth-order valence-corrected chi connectivity index (χ4v) is 2.52. The maximum Gasteiger partial charge on any atom is 0.213 e. The van der Waals surface area contributed by atoms with E-state index in [-0.39, 0.29) is 0 Å². The van der Waals surface area contributed by atoms with Crippen molar-refractivity contribution in [2.24, 2.45) is 11.7 Å². The van der Waals surface area contributed by atoms with Crippen molar-refractivity contribution in [3.63, 3.8) is 0 Å². The van der Waals surface area contributed by atoms with E-state index in [0.717, 1.165) is 43.5 Å². The molecule has 3 heteroatoms. The van der Waals surface area contributed by atoms with Gasteiger partial charge in [-0.1, -0.05) is 25.3 Å². The molecule has 1 aromatic rings. The summed E-state index contributed by atoms with van der Waals surface area (Å²) in [5, 5.41) is 0. The van der Waals surface area contributed by atoms with E-state index in [1.807, 2.05) is 18.2 Å². The molecule has 0 radical (unpaired) electrons. The first kappa shape index (κ1) is 13.3. The average molecular weight is 248 g/mol. The van der Waals surface area contributed by atoms with Crippen molar-refractivity contribution < 1.29 is 4.74 Å². The second kappa shape index (κ2) is 7.37. The highest BCUT2D eigenvalue weighted by molar-refractivity contribution is 5.15. The molecule has 1 saturated carbocycles. The first-order chi connectivity index (χ1) is 8.88. The van der Waals surface area contributed by atoms with Crippen molar-refractivity contribution >= 4 is 0 Å². The van der Waals surface area contributed by atoms with Crippen LogP contribution in [-0.2, 0) is 6.42 Å². The molecule has 0 aliphatic heterocycles. The van der Waals surface area contributed by atoms with Gasteiger partial charge in [0.05, 0.1) is 6.61 Å². The lowest BCUT2D eigenvalue weighted by Gasteiger charge is -2.21. The summed E-state index contributed by atoms with van der Waals surface area (Å²) < 4.78 is 5.82. The van der Waals surface area contributed by atoms with E-state index in [4.69, 9.17) is 10.5 Å². The van der Waals surface area contributed by atoms with Crippen LogP contribution in [0, 0.1) is 5.92 Å². The molecular formula is C15H24N2O. The normalized spacial score (nSPS) is 16.7. The lowest BCUT2D eigenvalue weighted by Crippen LogP contribution is -2.15. The van der Waals surface area contributed by atoms with E-state index in [9.17, 15) is 0 Å². The molecular weight excluding hydrogens is 224 g/mol. The standard InChI is InChI=1S/C15H24N2O/c16-11-5-9-14-8-4-10-15(17-14)18-12-13-6-2-1-3-7-13/h4,8,10,13H,1-3,5-7,9,11-12,16H2. The Morgan fingerprint density at radius 3 is 2.83 bits per heavy atom. The van der Waals surface area contributed by atoms with E-state index in [1.54, 1.807) is 0 Å². The molecule has 0 aromatic carbocycles. The van der Waals surface area contributed by atoms with Gasteiger partial charge < -0.3 is 10.5 Å². The molecule has 1 aliphatic carbocycles. The molecule has 2 rings (SSSR count). The fourth-order valence-electron chi connectivity index (χ4n) is 2.52. The molecule has 18 heavy (non-hydrogen) atoms. The van der Waals surface area contributed by atoms with Crippen molar-refractivity contribution in [3.8, 4) is 5.88 Å². The minimum Gasteiger partial charge on any atom is -0.477 e. The second-order valence-corrected chi connectivity index (χ2v) is 5.17. The second-order valence-electron chi connectivity index (χ2n) is 5.17. The number of pyridine rings is 1. The highest BCUT2D eigenvalue weighted by atomic mass is 16.5. The van der Waals surface area contributed by atoms with Crippen molar-refractivity contribution in [3.05, 3.63) is 23.9 Å². The molecule has 1 aliphatic rings. The van der Waals surface area contributed by atoms with Crippen LogP contribution in [0.3, 0.4) is 0 Å². The Bertz CT molecular complexity index is 348. The molecule has 2 N–H and O–H groups in total. The summed E-state index contributed by atoms with van der Waals surface area (Å²) in [6, 6.07) is 6.02. The quantitative estimate of drug-likeness (QED) is 0.842. The molecule has 1 aromatic heterocycles. The first-order valence-electron chi connectivity index (χ1n) is 7.17. The minimum atomic E-state index is 0.717. The molecule has 0 saturated heterocycles. The maximum absolute atomic E-state index is 5.82. The number of hydrogen-bond acceptors (Lipinski definition) is 3. The lowest BCUT2D eigenvalue weighted by molar-refractivity contribution is 0.202. The van der Waals surface area contributed by atoms with Crippen molar-refractivity contribution in [1.82, 2.24) is 4.98 Å². The Kier molecular flexibility index (Phi) is 5.46. The van der Waals surface area contributed by atoms with Gasteiger partial charge in [0, 0.05) is 11.8 Å². The molecule has 0 atom stereocenters. The van der Waals surface area contributed by atoms with Crippen LogP contribution in [-0.4, -0.2) is 18.1 Å². The van der Waals surface area contributed by atoms with E-state index in [2.05, 4.69) is 4.98 Å². The summed E-state index contributed by atoms with van der Waals surface area (Å²) >= 11 is 0. The number of nitrogens with two attached hydrogens (primary N) is 1. The summed E-state index contributed by atoms with van der Waals surface area (Å²) in [7, 11) is 0. The number of hydrogen-bond donors (Lipinski definition) is 1. The largest absolute Gasteiger partial charge is 0.477 e. The molecule has 1 heterocycles. The smallest absolute Gasteiger partial charge is 0.213 e.